The third-order valence-corrected chi connectivity index (χ3v) is 5.32. The average Bonchev–Trinajstić information content (AvgIpc) is 2.73. The van der Waals surface area contributed by atoms with Crippen molar-refractivity contribution in [3.05, 3.63) is 54.1 Å². The average molecular weight is 351 g/mol. The van der Waals surface area contributed by atoms with Crippen molar-refractivity contribution < 1.29 is 9.53 Å². The van der Waals surface area contributed by atoms with E-state index in [4.69, 9.17) is 4.74 Å². The van der Waals surface area contributed by atoms with Crippen molar-refractivity contribution >= 4 is 17.4 Å². The zero-order valence-electron chi connectivity index (χ0n) is 15.2. The molecule has 4 rings (SSSR count). The molecule has 0 radical (unpaired) electrons. The molecule has 2 heterocycles. The van der Waals surface area contributed by atoms with Crippen LogP contribution in [0.1, 0.15) is 12.0 Å². The lowest BCUT2D eigenvalue weighted by Crippen LogP contribution is -2.54. The van der Waals surface area contributed by atoms with E-state index in [1.165, 1.54) is 5.56 Å². The Hall–Kier alpha value is -2.69. The summed E-state index contributed by atoms with van der Waals surface area (Å²) >= 11 is 0. The van der Waals surface area contributed by atoms with E-state index in [0.29, 0.717) is 0 Å². The van der Waals surface area contributed by atoms with Gasteiger partial charge in [-0.3, -0.25) is 4.90 Å². The molecule has 0 unspecified atom stereocenters. The van der Waals surface area contributed by atoms with Crippen molar-refractivity contribution in [2.45, 2.75) is 12.8 Å². The van der Waals surface area contributed by atoms with Gasteiger partial charge in [0.15, 0.2) is 0 Å². The predicted molar refractivity (Wildman–Crippen MR) is 104 cm³/mol. The van der Waals surface area contributed by atoms with Crippen LogP contribution in [0.5, 0.6) is 5.75 Å². The van der Waals surface area contributed by atoms with Crippen molar-refractivity contribution in [1.29, 1.82) is 0 Å². The van der Waals surface area contributed by atoms with Gasteiger partial charge in [-0.25, -0.2) is 4.79 Å². The number of methoxy groups -OCH3 is 1. The summed E-state index contributed by atoms with van der Waals surface area (Å²) in [4.78, 5) is 19.3. The first-order chi connectivity index (χ1) is 12.8. The third-order valence-electron chi connectivity index (χ3n) is 5.32. The second-order valence-electron chi connectivity index (χ2n) is 6.81. The fourth-order valence-electron chi connectivity index (χ4n) is 3.93. The van der Waals surface area contributed by atoms with E-state index >= 15 is 0 Å². The predicted octanol–water partition coefficient (Wildman–Crippen LogP) is 3.39. The van der Waals surface area contributed by atoms with Gasteiger partial charge in [0, 0.05) is 38.4 Å². The van der Waals surface area contributed by atoms with E-state index < -0.39 is 0 Å². The molecule has 0 spiro atoms. The molecule has 2 amide bonds. The number of carbonyl (C=O) groups excluding carboxylic acids is 1. The molecule has 5 heteroatoms. The first-order valence-corrected chi connectivity index (χ1v) is 9.30. The maximum absolute atomic E-state index is 13.1. The Balaban J connectivity index is 1.45. The Morgan fingerprint density at radius 1 is 0.885 bits per heavy atom. The van der Waals surface area contributed by atoms with Crippen LogP contribution in [0.4, 0.5) is 16.2 Å². The number of amides is 2. The monoisotopic (exact) mass is 351 g/mol. The van der Waals surface area contributed by atoms with Crippen LogP contribution in [0.25, 0.3) is 0 Å². The summed E-state index contributed by atoms with van der Waals surface area (Å²) in [5, 5.41) is 0. The summed E-state index contributed by atoms with van der Waals surface area (Å²) in [6.07, 6.45) is 2.09. The van der Waals surface area contributed by atoms with E-state index in [2.05, 4.69) is 29.2 Å². The fourth-order valence-corrected chi connectivity index (χ4v) is 3.93. The Morgan fingerprint density at radius 3 is 2.35 bits per heavy atom. The highest BCUT2D eigenvalue weighted by atomic mass is 16.5. The molecule has 0 aliphatic carbocycles. The van der Waals surface area contributed by atoms with Gasteiger partial charge in [0.1, 0.15) is 5.75 Å². The standard InChI is InChI=1S/C21H25N3O2/c1-26-20-11-5-4-10-19(20)22-13-15-23(16-14-22)21(25)24-12-6-8-17-7-2-3-9-18(17)24/h2-5,7,9-11H,6,8,12-16H2,1H3. The number of hydrogen-bond donors (Lipinski definition) is 0. The summed E-state index contributed by atoms with van der Waals surface area (Å²) in [5.41, 5.74) is 3.46. The molecule has 136 valence electrons. The maximum atomic E-state index is 13.1. The minimum atomic E-state index is 0.136. The van der Waals surface area contributed by atoms with Gasteiger partial charge in [-0.15, -0.1) is 0 Å². The van der Waals surface area contributed by atoms with Crippen molar-refractivity contribution in [3.8, 4) is 5.75 Å². The van der Waals surface area contributed by atoms with Gasteiger partial charge in [-0.05, 0) is 36.6 Å². The Morgan fingerprint density at radius 2 is 1.58 bits per heavy atom. The van der Waals surface area contributed by atoms with Gasteiger partial charge >= 0.3 is 6.03 Å². The van der Waals surface area contributed by atoms with Crippen LogP contribution < -0.4 is 14.5 Å². The quantitative estimate of drug-likeness (QED) is 0.832. The van der Waals surface area contributed by atoms with Gasteiger partial charge in [0.25, 0.3) is 0 Å². The minimum absolute atomic E-state index is 0.136. The van der Waals surface area contributed by atoms with Crippen LogP contribution in [0, 0.1) is 0 Å². The van der Waals surface area contributed by atoms with E-state index in [1.807, 2.05) is 34.1 Å². The van der Waals surface area contributed by atoms with Crippen LogP contribution in [0.3, 0.4) is 0 Å². The highest BCUT2D eigenvalue weighted by molar-refractivity contribution is 5.93. The Bertz CT molecular complexity index is 784. The smallest absolute Gasteiger partial charge is 0.324 e. The summed E-state index contributed by atoms with van der Waals surface area (Å²) in [5.74, 6) is 0.886. The molecule has 26 heavy (non-hydrogen) atoms. The van der Waals surface area contributed by atoms with E-state index in [-0.39, 0.29) is 6.03 Å². The molecular weight excluding hydrogens is 326 g/mol. The van der Waals surface area contributed by atoms with Gasteiger partial charge in [-0.1, -0.05) is 30.3 Å². The number of ether oxygens (including phenoxy) is 1. The third kappa shape index (κ3) is 3.09. The van der Waals surface area contributed by atoms with Crippen LogP contribution in [-0.4, -0.2) is 50.8 Å². The summed E-state index contributed by atoms with van der Waals surface area (Å²) in [6, 6.07) is 16.5. The molecule has 0 atom stereocenters. The van der Waals surface area contributed by atoms with Gasteiger partial charge in [0.2, 0.25) is 0 Å². The van der Waals surface area contributed by atoms with Crippen molar-refractivity contribution in [2.24, 2.45) is 0 Å². The first kappa shape index (κ1) is 16.8. The van der Waals surface area contributed by atoms with Gasteiger partial charge < -0.3 is 14.5 Å². The Kier molecular flexibility index (Phi) is 4.69. The topological polar surface area (TPSA) is 36.0 Å². The minimum Gasteiger partial charge on any atom is -0.495 e. The lowest BCUT2D eigenvalue weighted by Gasteiger charge is -2.40. The van der Waals surface area contributed by atoms with E-state index in [1.54, 1.807) is 7.11 Å². The molecule has 5 nitrogen and oxygen atoms in total. The number of urea groups is 1. The zero-order chi connectivity index (χ0) is 17.9. The van der Waals surface area contributed by atoms with Crippen molar-refractivity contribution in [3.63, 3.8) is 0 Å². The number of hydrogen-bond acceptors (Lipinski definition) is 3. The number of anilines is 2. The van der Waals surface area contributed by atoms with Crippen LogP contribution in [-0.2, 0) is 6.42 Å². The molecule has 2 aromatic rings. The molecule has 0 bridgehead atoms. The molecule has 2 aromatic carbocycles. The highest BCUT2D eigenvalue weighted by Crippen LogP contribution is 2.30. The maximum Gasteiger partial charge on any atom is 0.324 e. The number of fused-ring (bicyclic) bond motifs is 1. The molecule has 1 saturated heterocycles. The molecule has 0 saturated carbocycles. The highest BCUT2D eigenvalue weighted by Gasteiger charge is 2.29. The number of rotatable bonds is 2. The van der Waals surface area contributed by atoms with Crippen LogP contribution in [0.2, 0.25) is 0 Å². The van der Waals surface area contributed by atoms with Gasteiger partial charge in [-0.2, -0.15) is 0 Å². The van der Waals surface area contributed by atoms with Crippen LogP contribution >= 0.6 is 0 Å². The second kappa shape index (κ2) is 7.28. The van der Waals surface area contributed by atoms with E-state index in [0.717, 1.165) is 62.7 Å². The normalized spacial score (nSPS) is 17.0. The first-order valence-electron chi connectivity index (χ1n) is 9.30. The molecular formula is C21H25N3O2. The molecule has 2 aliphatic heterocycles. The largest absolute Gasteiger partial charge is 0.495 e. The number of benzene rings is 2. The number of carbonyl (C=O) groups is 1. The SMILES string of the molecule is COc1ccccc1N1CCN(C(=O)N2CCCc3ccccc32)CC1. The lowest BCUT2D eigenvalue weighted by molar-refractivity contribution is 0.200. The molecule has 0 N–H and O–H groups in total. The fraction of sp³-hybridized carbons (Fsp3) is 0.381. The summed E-state index contributed by atoms with van der Waals surface area (Å²) in [7, 11) is 1.70. The second-order valence-corrected chi connectivity index (χ2v) is 6.81. The molecule has 2 aliphatic rings. The molecule has 0 aromatic heterocycles. The number of nitrogens with zero attached hydrogens (tertiary/aromatic N) is 3. The lowest BCUT2D eigenvalue weighted by atomic mass is 10.0. The van der Waals surface area contributed by atoms with E-state index in [9.17, 15) is 4.79 Å². The van der Waals surface area contributed by atoms with Crippen molar-refractivity contribution in [1.82, 2.24) is 4.90 Å². The number of para-hydroxylation sites is 3. The molecule has 1 fully saturated rings. The summed E-state index contributed by atoms with van der Waals surface area (Å²) < 4.78 is 5.48. The van der Waals surface area contributed by atoms with Crippen molar-refractivity contribution in [2.75, 3.05) is 49.6 Å². The number of aryl methyl sites for hydroxylation is 1. The summed E-state index contributed by atoms with van der Waals surface area (Å²) in [6.45, 7) is 3.91. The Labute approximate surface area is 154 Å². The zero-order valence-corrected chi connectivity index (χ0v) is 15.2. The van der Waals surface area contributed by atoms with Crippen LogP contribution in [0.15, 0.2) is 48.5 Å². The number of piperazine rings is 1. The van der Waals surface area contributed by atoms with Gasteiger partial charge in [0.05, 0.1) is 12.8 Å².